The Kier molecular flexibility index (Phi) is 4.49. The van der Waals surface area contributed by atoms with Crippen LogP contribution in [0.3, 0.4) is 0 Å². The molecule has 142 valence electrons. The summed E-state index contributed by atoms with van der Waals surface area (Å²) < 4.78 is 44.4. The molecule has 3 amide bonds. The van der Waals surface area contributed by atoms with Gasteiger partial charge in [-0.25, -0.2) is 9.59 Å². The summed E-state index contributed by atoms with van der Waals surface area (Å²) in [6.45, 7) is 3.57. The number of anilines is 2. The molecular formula is C17H20F3N3O3. The van der Waals surface area contributed by atoms with E-state index in [1.54, 1.807) is 24.3 Å². The van der Waals surface area contributed by atoms with Crippen molar-refractivity contribution in [3.63, 3.8) is 0 Å². The first kappa shape index (κ1) is 18.3. The molecule has 9 heteroatoms. The van der Waals surface area contributed by atoms with E-state index in [0.29, 0.717) is 17.9 Å². The number of halogens is 3. The Morgan fingerprint density at radius 3 is 2.62 bits per heavy atom. The zero-order valence-electron chi connectivity index (χ0n) is 14.5. The molecule has 1 aromatic carbocycles. The van der Waals surface area contributed by atoms with E-state index in [1.165, 1.54) is 23.6 Å². The van der Waals surface area contributed by atoms with Gasteiger partial charge in [0.05, 0.1) is 18.0 Å². The molecule has 6 nitrogen and oxygen atoms in total. The Labute approximate surface area is 148 Å². The maximum Gasteiger partial charge on any atom is 0.414 e. The molecule has 0 unspecified atom stereocenters. The standard InChI is InChI=1S/C17H20F3N3O3/c1-16(2)13(17(18,19)20)6-7-23(16)14(24)21-11-4-3-5-12(10-11)22-8-9-26-15(22)25/h3-5,10,13H,6-9H2,1-2H3,(H,21,24)/t13-/m1/s1. The molecule has 0 saturated carbocycles. The van der Waals surface area contributed by atoms with Crippen LogP contribution in [0, 0.1) is 5.92 Å². The van der Waals surface area contributed by atoms with Crippen LogP contribution in [0.5, 0.6) is 0 Å². The van der Waals surface area contributed by atoms with Gasteiger partial charge in [-0.3, -0.25) is 4.90 Å². The maximum atomic E-state index is 13.2. The topological polar surface area (TPSA) is 61.9 Å². The van der Waals surface area contributed by atoms with Gasteiger partial charge >= 0.3 is 18.3 Å². The molecule has 3 rings (SSSR count). The summed E-state index contributed by atoms with van der Waals surface area (Å²) in [6, 6.07) is 5.97. The third kappa shape index (κ3) is 3.30. The van der Waals surface area contributed by atoms with Crippen molar-refractivity contribution in [3.05, 3.63) is 24.3 Å². The average molecular weight is 371 g/mol. The first-order chi connectivity index (χ1) is 12.1. The van der Waals surface area contributed by atoms with Crippen molar-refractivity contribution in [1.29, 1.82) is 0 Å². The van der Waals surface area contributed by atoms with Crippen LogP contribution in [0.15, 0.2) is 24.3 Å². The number of carbonyl (C=O) groups excluding carboxylic acids is 2. The van der Waals surface area contributed by atoms with Crippen LogP contribution >= 0.6 is 0 Å². The van der Waals surface area contributed by atoms with Crippen LogP contribution in [0.25, 0.3) is 0 Å². The van der Waals surface area contributed by atoms with Gasteiger partial charge in [-0.05, 0) is 38.5 Å². The summed E-state index contributed by atoms with van der Waals surface area (Å²) in [5, 5.41) is 2.63. The molecule has 0 spiro atoms. The number of rotatable bonds is 2. The highest BCUT2D eigenvalue weighted by molar-refractivity contribution is 5.93. The van der Waals surface area contributed by atoms with Crippen molar-refractivity contribution >= 4 is 23.5 Å². The molecule has 2 fully saturated rings. The lowest BCUT2D eigenvalue weighted by atomic mass is 9.88. The fraction of sp³-hybridized carbons (Fsp3) is 0.529. The van der Waals surface area contributed by atoms with E-state index < -0.39 is 29.8 Å². The number of urea groups is 1. The van der Waals surface area contributed by atoms with Crippen LogP contribution < -0.4 is 10.2 Å². The highest BCUT2D eigenvalue weighted by Gasteiger charge is 2.56. The predicted molar refractivity (Wildman–Crippen MR) is 89.1 cm³/mol. The molecule has 0 radical (unpaired) electrons. The quantitative estimate of drug-likeness (QED) is 0.859. The summed E-state index contributed by atoms with van der Waals surface area (Å²) >= 11 is 0. The number of hydrogen-bond donors (Lipinski definition) is 1. The van der Waals surface area contributed by atoms with Gasteiger partial charge in [-0.15, -0.1) is 0 Å². The lowest BCUT2D eigenvalue weighted by Crippen LogP contribution is -2.51. The van der Waals surface area contributed by atoms with Crippen molar-refractivity contribution in [2.45, 2.75) is 32.0 Å². The van der Waals surface area contributed by atoms with Crippen molar-refractivity contribution < 1.29 is 27.5 Å². The van der Waals surface area contributed by atoms with Gasteiger partial charge in [-0.2, -0.15) is 13.2 Å². The highest BCUT2D eigenvalue weighted by atomic mass is 19.4. The zero-order valence-corrected chi connectivity index (χ0v) is 14.5. The van der Waals surface area contributed by atoms with Crippen LogP contribution in [0.1, 0.15) is 20.3 Å². The van der Waals surface area contributed by atoms with E-state index in [1.807, 2.05) is 0 Å². The molecule has 2 heterocycles. The zero-order chi connectivity index (χ0) is 19.1. The summed E-state index contributed by atoms with van der Waals surface area (Å²) in [5.41, 5.74) is -0.379. The molecule has 2 aliphatic heterocycles. The van der Waals surface area contributed by atoms with Crippen LogP contribution in [-0.4, -0.2) is 48.4 Å². The Morgan fingerprint density at radius 2 is 2.04 bits per heavy atom. The molecule has 2 aliphatic rings. The first-order valence-electron chi connectivity index (χ1n) is 8.30. The average Bonchev–Trinajstić information content (AvgIpc) is 3.09. The second kappa shape index (κ2) is 6.37. The number of nitrogens with one attached hydrogen (secondary N) is 1. The Hall–Kier alpha value is -2.45. The van der Waals surface area contributed by atoms with E-state index in [-0.39, 0.29) is 19.6 Å². The molecule has 1 aromatic rings. The van der Waals surface area contributed by atoms with Crippen LogP contribution in [0.4, 0.5) is 34.1 Å². The number of nitrogens with zero attached hydrogens (tertiary/aromatic N) is 2. The molecule has 0 aliphatic carbocycles. The van der Waals surface area contributed by atoms with Crippen molar-refractivity contribution in [2.24, 2.45) is 5.92 Å². The third-order valence-electron chi connectivity index (χ3n) is 5.00. The molecular weight excluding hydrogens is 351 g/mol. The van der Waals surface area contributed by atoms with Crippen molar-refractivity contribution in [2.75, 3.05) is 29.9 Å². The van der Waals surface area contributed by atoms with E-state index in [2.05, 4.69) is 5.32 Å². The molecule has 0 bridgehead atoms. The van der Waals surface area contributed by atoms with Gasteiger partial charge in [0.2, 0.25) is 0 Å². The number of hydrogen-bond acceptors (Lipinski definition) is 3. The second-order valence-electron chi connectivity index (χ2n) is 6.93. The first-order valence-corrected chi connectivity index (χ1v) is 8.30. The van der Waals surface area contributed by atoms with Crippen molar-refractivity contribution in [1.82, 2.24) is 4.90 Å². The summed E-state index contributed by atoms with van der Waals surface area (Å²) in [6.07, 6.45) is -4.94. The lowest BCUT2D eigenvalue weighted by Gasteiger charge is -2.36. The lowest BCUT2D eigenvalue weighted by molar-refractivity contribution is -0.189. The van der Waals surface area contributed by atoms with E-state index >= 15 is 0 Å². The minimum atomic E-state index is -4.35. The predicted octanol–water partition coefficient (Wildman–Crippen LogP) is 3.84. The SMILES string of the molecule is CC1(C)[C@H](C(F)(F)F)CCN1C(=O)Nc1cccc(N2CCOC2=O)c1. The normalized spacial score (nSPS) is 22.5. The maximum absolute atomic E-state index is 13.2. The minimum absolute atomic E-state index is 0.0289. The highest BCUT2D eigenvalue weighted by Crippen LogP contribution is 2.44. The van der Waals surface area contributed by atoms with Gasteiger partial charge < -0.3 is 15.0 Å². The molecule has 1 N–H and O–H groups in total. The van der Waals surface area contributed by atoms with Crippen LogP contribution in [-0.2, 0) is 4.74 Å². The minimum Gasteiger partial charge on any atom is -0.447 e. The fourth-order valence-electron chi connectivity index (χ4n) is 3.59. The number of likely N-dealkylation sites (tertiary alicyclic amines) is 1. The van der Waals surface area contributed by atoms with Gasteiger partial charge in [0.25, 0.3) is 0 Å². The van der Waals surface area contributed by atoms with E-state index in [4.69, 9.17) is 4.74 Å². The van der Waals surface area contributed by atoms with Gasteiger partial charge in [-0.1, -0.05) is 6.07 Å². The fourth-order valence-corrected chi connectivity index (χ4v) is 3.59. The van der Waals surface area contributed by atoms with Crippen molar-refractivity contribution in [3.8, 4) is 0 Å². The summed E-state index contributed by atoms with van der Waals surface area (Å²) in [7, 11) is 0. The molecule has 2 saturated heterocycles. The van der Waals surface area contributed by atoms with Gasteiger partial charge in [0.1, 0.15) is 6.61 Å². The monoisotopic (exact) mass is 371 g/mol. The van der Waals surface area contributed by atoms with Crippen LogP contribution in [0.2, 0.25) is 0 Å². The smallest absolute Gasteiger partial charge is 0.414 e. The Morgan fingerprint density at radius 1 is 1.31 bits per heavy atom. The molecule has 0 aromatic heterocycles. The third-order valence-corrected chi connectivity index (χ3v) is 5.00. The van der Waals surface area contributed by atoms with Gasteiger partial charge in [0.15, 0.2) is 0 Å². The Bertz CT molecular complexity index is 721. The van der Waals surface area contributed by atoms with E-state index in [9.17, 15) is 22.8 Å². The number of amides is 3. The number of alkyl halides is 3. The van der Waals surface area contributed by atoms with Gasteiger partial charge in [0, 0.05) is 17.9 Å². The largest absolute Gasteiger partial charge is 0.447 e. The summed E-state index contributed by atoms with van der Waals surface area (Å²) in [4.78, 5) is 26.8. The molecule has 26 heavy (non-hydrogen) atoms. The van der Waals surface area contributed by atoms with E-state index in [0.717, 1.165) is 0 Å². The number of cyclic esters (lactones) is 1. The number of carbonyl (C=O) groups is 2. The summed E-state index contributed by atoms with van der Waals surface area (Å²) in [5.74, 6) is -1.56. The molecule has 1 atom stereocenters. The second-order valence-corrected chi connectivity index (χ2v) is 6.93. The Balaban J connectivity index is 1.74. The number of benzene rings is 1. The number of ether oxygens (including phenoxy) is 1.